The third-order valence-electron chi connectivity index (χ3n) is 5.51. The van der Waals surface area contributed by atoms with E-state index in [4.69, 9.17) is 9.88 Å². The second-order valence-electron chi connectivity index (χ2n) is 7.87. The maximum Gasteiger partial charge on any atom is 0.326 e. The van der Waals surface area contributed by atoms with Gasteiger partial charge in [-0.15, -0.1) is 0 Å². The minimum Gasteiger partial charge on any atom is -0.456 e. The lowest BCUT2D eigenvalue weighted by Gasteiger charge is -2.19. The maximum atomic E-state index is 12.7. The van der Waals surface area contributed by atoms with Crippen LogP contribution in [0.5, 0.6) is 0 Å². The number of benzene rings is 1. The molecule has 0 atom stereocenters. The number of carbonyl (C=O) groups excluding carboxylic acids is 3. The van der Waals surface area contributed by atoms with E-state index < -0.39 is 22.6 Å². The summed E-state index contributed by atoms with van der Waals surface area (Å²) in [6.07, 6.45) is 3.05. The van der Waals surface area contributed by atoms with Gasteiger partial charge in [0.25, 0.3) is 0 Å². The standard InChI is InChI=1S/C22H27N3O6S/c1-15-12-19(16(2)25(15)17-7-9-18(10-8-17)32(23,29)30)20(26)14-31-22(28)13-24-11-5-3-4-6-21(24)27/h7-10,12H,3-6,11,13-14H2,1-2H3,(H2,23,29,30). The number of hydrogen-bond donors (Lipinski definition) is 1. The molecule has 0 bridgehead atoms. The molecule has 10 heteroatoms. The molecule has 2 aromatic rings. The highest BCUT2D eigenvalue weighted by atomic mass is 32.2. The summed E-state index contributed by atoms with van der Waals surface area (Å²) in [5, 5.41) is 5.14. The van der Waals surface area contributed by atoms with Gasteiger partial charge in [-0.1, -0.05) is 6.42 Å². The number of carbonyl (C=O) groups is 3. The highest BCUT2D eigenvalue weighted by Gasteiger charge is 2.22. The SMILES string of the molecule is Cc1cc(C(=O)COC(=O)CN2CCCCCC2=O)c(C)n1-c1ccc(S(N)(=O)=O)cc1. The monoisotopic (exact) mass is 461 g/mol. The number of nitrogens with two attached hydrogens (primary N) is 1. The zero-order valence-corrected chi connectivity index (χ0v) is 19.0. The lowest BCUT2D eigenvalue weighted by atomic mass is 10.1. The predicted octanol–water partition coefficient (Wildman–Crippen LogP) is 1.87. The van der Waals surface area contributed by atoms with Crippen LogP contribution in [-0.4, -0.2) is 55.2 Å². The number of ketones is 1. The summed E-state index contributed by atoms with van der Waals surface area (Å²) in [6.45, 7) is 3.52. The van der Waals surface area contributed by atoms with Gasteiger partial charge in [-0.25, -0.2) is 13.6 Å². The lowest BCUT2D eigenvalue weighted by Crippen LogP contribution is -2.36. The first-order valence-corrected chi connectivity index (χ1v) is 11.9. The van der Waals surface area contributed by atoms with Crippen molar-refractivity contribution in [3.8, 4) is 5.69 Å². The number of aromatic nitrogens is 1. The highest BCUT2D eigenvalue weighted by molar-refractivity contribution is 7.89. The quantitative estimate of drug-likeness (QED) is 0.495. The first kappa shape index (κ1) is 23.7. The molecule has 0 saturated carbocycles. The van der Waals surface area contributed by atoms with Crippen LogP contribution in [0.2, 0.25) is 0 Å². The number of nitrogens with zero attached hydrogens (tertiary/aromatic N) is 2. The minimum absolute atomic E-state index is 0.00480. The molecule has 1 fully saturated rings. The number of ether oxygens (including phenoxy) is 1. The largest absolute Gasteiger partial charge is 0.456 e. The van der Waals surface area contributed by atoms with E-state index in [1.807, 2.05) is 6.92 Å². The van der Waals surface area contributed by atoms with Crippen molar-refractivity contribution in [2.45, 2.75) is 44.4 Å². The Morgan fingerprint density at radius 2 is 1.78 bits per heavy atom. The summed E-state index contributed by atoms with van der Waals surface area (Å²) in [7, 11) is -3.80. The lowest BCUT2D eigenvalue weighted by molar-refractivity contribution is -0.148. The summed E-state index contributed by atoms with van der Waals surface area (Å²) in [4.78, 5) is 38.4. The fraction of sp³-hybridized carbons (Fsp3) is 0.409. The van der Waals surface area contributed by atoms with E-state index in [0.717, 1.165) is 25.0 Å². The van der Waals surface area contributed by atoms with Gasteiger partial charge in [0.15, 0.2) is 6.61 Å². The van der Waals surface area contributed by atoms with Gasteiger partial charge in [0.05, 0.1) is 4.90 Å². The van der Waals surface area contributed by atoms with Crippen LogP contribution >= 0.6 is 0 Å². The van der Waals surface area contributed by atoms with E-state index in [2.05, 4.69) is 0 Å². The van der Waals surface area contributed by atoms with Crippen LogP contribution in [0.3, 0.4) is 0 Å². The average Bonchev–Trinajstić information content (AvgIpc) is 2.89. The molecule has 1 aromatic carbocycles. The van der Waals surface area contributed by atoms with Crippen LogP contribution in [0.15, 0.2) is 35.2 Å². The maximum absolute atomic E-state index is 12.7. The van der Waals surface area contributed by atoms with Crippen molar-refractivity contribution < 1.29 is 27.5 Å². The van der Waals surface area contributed by atoms with Crippen LogP contribution in [0.1, 0.15) is 47.4 Å². The Labute approximate surface area is 187 Å². The molecule has 1 amide bonds. The normalized spacial score (nSPS) is 14.8. The molecule has 0 unspecified atom stereocenters. The molecule has 2 N–H and O–H groups in total. The van der Waals surface area contributed by atoms with Crippen molar-refractivity contribution in [2.75, 3.05) is 19.7 Å². The minimum atomic E-state index is -3.80. The van der Waals surface area contributed by atoms with Crippen molar-refractivity contribution in [1.29, 1.82) is 0 Å². The van der Waals surface area contributed by atoms with Crippen LogP contribution < -0.4 is 5.14 Å². The van der Waals surface area contributed by atoms with E-state index in [1.54, 1.807) is 29.7 Å². The number of likely N-dealkylation sites (tertiary alicyclic amines) is 1. The summed E-state index contributed by atoms with van der Waals surface area (Å²) in [6, 6.07) is 7.70. The van der Waals surface area contributed by atoms with Gasteiger partial charge in [0.2, 0.25) is 21.7 Å². The van der Waals surface area contributed by atoms with Gasteiger partial charge < -0.3 is 14.2 Å². The summed E-state index contributed by atoms with van der Waals surface area (Å²) < 4.78 is 29.9. The molecule has 172 valence electrons. The molecule has 1 aliphatic rings. The number of sulfonamides is 1. The van der Waals surface area contributed by atoms with Gasteiger partial charge in [-0.2, -0.15) is 0 Å². The molecule has 0 aliphatic carbocycles. The Morgan fingerprint density at radius 1 is 1.09 bits per heavy atom. The van der Waals surface area contributed by atoms with Crippen molar-refractivity contribution >= 4 is 27.7 Å². The van der Waals surface area contributed by atoms with Crippen LogP contribution in [0, 0.1) is 13.8 Å². The molecule has 0 radical (unpaired) electrons. The van der Waals surface area contributed by atoms with Crippen molar-refractivity contribution in [3.05, 3.63) is 47.3 Å². The summed E-state index contributed by atoms with van der Waals surface area (Å²) in [5.74, 6) is -1.04. The number of hydrogen-bond acceptors (Lipinski definition) is 6. The molecule has 32 heavy (non-hydrogen) atoms. The number of aryl methyl sites for hydroxylation is 1. The Hall–Kier alpha value is -2.98. The van der Waals surface area contributed by atoms with E-state index in [-0.39, 0.29) is 23.1 Å². The summed E-state index contributed by atoms with van der Waals surface area (Å²) >= 11 is 0. The van der Waals surface area contributed by atoms with Gasteiger partial charge in [-0.05, 0) is 57.0 Å². The number of esters is 1. The van der Waals surface area contributed by atoms with Crippen LogP contribution in [-0.2, 0) is 24.3 Å². The second-order valence-corrected chi connectivity index (χ2v) is 9.43. The van der Waals surface area contributed by atoms with E-state index >= 15 is 0 Å². The van der Waals surface area contributed by atoms with Gasteiger partial charge in [0, 0.05) is 35.6 Å². The van der Waals surface area contributed by atoms with E-state index in [1.165, 1.54) is 17.0 Å². The molecule has 1 saturated heterocycles. The molecule has 9 nitrogen and oxygen atoms in total. The number of rotatable bonds is 7. The van der Waals surface area contributed by atoms with E-state index in [9.17, 15) is 22.8 Å². The zero-order valence-electron chi connectivity index (χ0n) is 18.2. The number of amides is 1. The topological polar surface area (TPSA) is 129 Å². The zero-order chi connectivity index (χ0) is 23.5. The molecule has 0 spiro atoms. The first-order chi connectivity index (χ1) is 15.1. The Bertz CT molecular complexity index is 1140. The second kappa shape index (κ2) is 9.66. The predicted molar refractivity (Wildman–Crippen MR) is 117 cm³/mol. The van der Waals surface area contributed by atoms with Crippen LogP contribution in [0.25, 0.3) is 5.69 Å². The van der Waals surface area contributed by atoms with E-state index in [0.29, 0.717) is 29.9 Å². The number of primary sulfonamides is 1. The average molecular weight is 462 g/mol. The Balaban J connectivity index is 1.67. The number of Topliss-reactive ketones (excluding diaryl/α,β-unsaturated/α-hetero) is 1. The first-order valence-electron chi connectivity index (χ1n) is 10.4. The highest BCUT2D eigenvalue weighted by Crippen LogP contribution is 2.22. The smallest absolute Gasteiger partial charge is 0.326 e. The van der Waals surface area contributed by atoms with Crippen molar-refractivity contribution in [3.63, 3.8) is 0 Å². The third kappa shape index (κ3) is 5.43. The Kier molecular flexibility index (Phi) is 7.15. The summed E-state index contributed by atoms with van der Waals surface area (Å²) in [5.41, 5.74) is 2.46. The van der Waals surface area contributed by atoms with Gasteiger partial charge in [0.1, 0.15) is 6.54 Å². The third-order valence-corrected chi connectivity index (χ3v) is 6.44. The molecular formula is C22H27N3O6S. The molecule has 1 aliphatic heterocycles. The van der Waals surface area contributed by atoms with Crippen molar-refractivity contribution in [1.82, 2.24) is 9.47 Å². The molecular weight excluding hydrogens is 434 g/mol. The fourth-order valence-corrected chi connectivity index (χ4v) is 4.37. The molecule has 2 heterocycles. The molecule has 1 aromatic heterocycles. The van der Waals surface area contributed by atoms with Gasteiger partial charge >= 0.3 is 5.97 Å². The van der Waals surface area contributed by atoms with Gasteiger partial charge in [-0.3, -0.25) is 14.4 Å². The Morgan fingerprint density at radius 3 is 2.44 bits per heavy atom. The molecule has 3 rings (SSSR count). The fourth-order valence-electron chi connectivity index (χ4n) is 3.86. The van der Waals surface area contributed by atoms with Crippen molar-refractivity contribution in [2.24, 2.45) is 5.14 Å². The van der Waals surface area contributed by atoms with Crippen LogP contribution in [0.4, 0.5) is 0 Å².